The highest BCUT2D eigenvalue weighted by Crippen LogP contribution is 2.33. The van der Waals surface area contributed by atoms with Gasteiger partial charge in [0.05, 0.1) is 29.5 Å². The van der Waals surface area contributed by atoms with Crippen LogP contribution in [0.2, 0.25) is 0 Å². The summed E-state index contributed by atoms with van der Waals surface area (Å²) in [4.78, 5) is 39.6. The topological polar surface area (TPSA) is 69.6 Å². The molecule has 7 heteroatoms. The van der Waals surface area contributed by atoms with Crippen molar-refractivity contribution in [3.63, 3.8) is 0 Å². The minimum absolute atomic E-state index is 0.00222. The molecule has 0 radical (unpaired) electrons. The molecule has 0 saturated carbocycles. The van der Waals surface area contributed by atoms with Gasteiger partial charge in [-0.25, -0.2) is 0 Å². The molecule has 4 rings (SSSR count). The van der Waals surface area contributed by atoms with Gasteiger partial charge in [0, 0.05) is 37.7 Å². The number of carbonyl (C=O) groups excluding carboxylic acids is 2. The monoisotopic (exact) mass is 365 g/mol. The van der Waals surface area contributed by atoms with Crippen molar-refractivity contribution in [2.45, 2.75) is 18.9 Å². The van der Waals surface area contributed by atoms with Crippen molar-refractivity contribution in [2.24, 2.45) is 0 Å². The number of hydrogen-bond acceptors (Lipinski definition) is 5. The standard InChI is InChI=1S/C20H23N5O2/c1-15-5-6-16(10-22-15)19(27)24-9-7-20(13-24)14-25(18(26)12-23(20)2)17-4-3-8-21-11-17/h3-6,8,10-11H,7,9,12-14H2,1-2H3. The third kappa shape index (κ3) is 3.19. The third-order valence-electron chi connectivity index (χ3n) is 5.67. The molecule has 0 bridgehead atoms. The van der Waals surface area contributed by atoms with E-state index in [0.717, 1.165) is 17.8 Å². The number of pyridine rings is 2. The molecular formula is C20H23N5O2. The maximum atomic E-state index is 12.9. The Morgan fingerprint density at radius 2 is 2.04 bits per heavy atom. The number of aryl methyl sites for hydroxylation is 1. The molecule has 4 heterocycles. The van der Waals surface area contributed by atoms with E-state index in [1.807, 2.05) is 43.1 Å². The van der Waals surface area contributed by atoms with Gasteiger partial charge in [-0.3, -0.25) is 24.5 Å². The van der Waals surface area contributed by atoms with E-state index in [-0.39, 0.29) is 17.4 Å². The quantitative estimate of drug-likeness (QED) is 0.804. The molecule has 2 aliphatic heterocycles. The predicted molar refractivity (Wildman–Crippen MR) is 101 cm³/mol. The molecule has 7 nitrogen and oxygen atoms in total. The van der Waals surface area contributed by atoms with Gasteiger partial charge in [0.1, 0.15) is 0 Å². The summed E-state index contributed by atoms with van der Waals surface area (Å²) < 4.78 is 0. The van der Waals surface area contributed by atoms with Crippen LogP contribution in [0, 0.1) is 6.92 Å². The van der Waals surface area contributed by atoms with Crippen LogP contribution in [0.15, 0.2) is 42.9 Å². The van der Waals surface area contributed by atoms with E-state index in [1.165, 1.54) is 0 Å². The van der Waals surface area contributed by atoms with Crippen molar-refractivity contribution < 1.29 is 9.59 Å². The van der Waals surface area contributed by atoms with E-state index >= 15 is 0 Å². The van der Waals surface area contributed by atoms with E-state index in [1.54, 1.807) is 23.5 Å². The second-order valence-electron chi connectivity index (χ2n) is 7.44. The molecule has 1 atom stereocenters. The van der Waals surface area contributed by atoms with Crippen LogP contribution in [0.25, 0.3) is 0 Å². The molecule has 2 amide bonds. The first-order valence-electron chi connectivity index (χ1n) is 9.12. The summed E-state index contributed by atoms with van der Waals surface area (Å²) in [6.45, 7) is 4.07. The van der Waals surface area contributed by atoms with Gasteiger partial charge in [-0.15, -0.1) is 0 Å². The number of rotatable bonds is 2. The number of hydrogen-bond donors (Lipinski definition) is 0. The molecule has 2 aliphatic rings. The average Bonchev–Trinajstić information content (AvgIpc) is 3.11. The minimum atomic E-state index is -0.239. The van der Waals surface area contributed by atoms with Crippen LogP contribution in [0.3, 0.4) is 0 Å². The Kier molecular flexibility index (Phi) is 4.39. The van der Waals surface area contributed by atoms with Crippen LogP contribution in [0.1, 0.15) is 22.5 Å². The molecule has 27 heavy (non-hydrogen) atoms. The number of likely N-dealkylation sites (N-methyl/N-ethyl adjacent to an activating group) is 1. The SMILES string of the molecule is Cc1ccc(C(=O)N2CCC3(C2)CN(c2cccnc2)C(=O)CN3C)cn1. The van der Waals surface area contributed by atoms with E-state index in [2.05, 4.69) is 14.9 Å². The maximum Gasteiger partial charge on any atom is 0.255 e. The molecule has 2 saturated heterocycles. The molecule has 2 aromatic rings. The fourth-order valence-electron chi connectivity index (χ4n) is 3.96. The number of aromatic nitrogens is 2. The lowest BCUT2D eigenvalue weighted by molar-refractivity contribution is -0.123. The van der Waals surface area contributed by atoms with Crippen molar-refractivity contribution in [1.82, 2.24) is 19.8 Å². The first-order chi connectivity index (χ1) is 13.0. The van der Waals surface area contributed by atoms with Crippen LogP contribution in [0.5, 0.6) is 0 Å². The lowest BCUT2D eigenvalue weighted by Gasteiger charge is -2.46. The van der Waals surface area contributed by atoms with Crippen molar-refractivity contribution in [1.29, 1.82) is 0 Å². The van der Waals surface area contributed by atoms with E-state index in [4.69, 9.17) is 0 Å². The molecule has 1 spiro atoms. The summed E-state index contributed by atoms with van der Waals surface area (Å²) in [5.41, 5.74) is 2.07. The smallest absolute Gasteiger partial charge is 0.255 e. The van der Waals surface area contributed by atoms with Crippen LogP contribution >= 0.6 is 0 Å². The number of likely N-dealkylation sites (tertiary alicyclic amines) is 1. The second kappa shape index (κ2) is 6.74. The van der Waals surface area contributed by atoms with Gasteiger partial charge >= 0.3 is 0 Å². The Morgan fingerprint density at radius 1 is 1.19 bits per heavy atom. The summed E-state index contributed by atoms with van der Waals surface area (Å²) in [6, 6.07) is 7.42. The summed E-state index contributed by atoms with van der Waals surface area (Å²) >= 11 is 0. The van der Waals surface area contributed by atoms with Crippen molar-refractivity contribution in [3.05, 3.63) is 54.1 Å². The zero-order chi connectivity index (χ0) is 19.0. The van der Waals surface area contributed by atoms with Gasteiger partial charge < -0.3 is 9.80 Å². The second-order valence-corrected chi connectivity index (χ2v) is 7.44. The highest BCUT2D eigenvalue weighted by molar-refractivity contribution is 5.96. The van der Waals surface area contributed by atoms with Crippen molar-refractivity contribution in [2.75, 3.05) is 38.1 Å². The molecule has 1 unspecified atom stereocenters. The van der Waals surface area contributed by atoms with E-state index in [0.29, 0.717) is 31.7 Å². The van der Waals surface area contributed by atoms with Crippen molar-refractivity contribution in [3.8, 4) is 0 Å². The summed E-state index contributed by atoms with van der Waals surface area (Å²) in [6.07, 6.45) is 5.88. The molecule has 140 valence electrons. The molecule has 2 fully saturated rings. The fourth-order valence-corrected chi connectivity index (χ4v) is 3.96. The lowest BCUT2D eigenvalue weighted by Crippen LogP contribution is -2.64. The van der Waals surface area contributed by atoms with Crippen LogP contribution < -0.4 is 4.90 Å². The molecule has 0 aliphatic carbocycles. The van der Waals surface area contributed by atoms with Crippen molar-refractivity contribution >= 4 is 17.5 Å². The normalized spacial score (nSPS) is 23.3. The van der Waals surface area contributed by atoms with Gasteiger partial charge in [0.15, 0.2) is 0 Å². The van der Waals surface area contributed by atoms with E-state index in [9.17, 15) is 9.59 Å². The Morgan fingerprint density at radius 3 is 2.74 bits per heavy atom. The largest absolute Gasteiger partial charge is 0.337 e. The minimum Gasteiger partial charge on any atom is -0.337 e. The Hall–Kier alpha value is -2.80. The predicted octanol–water partition coefficient (Wildman–Crippen LogP) is 1.35. The number of piperazine rings is 1. The summed E-state index contributed by atoms with van der Waals surface area (Å²) in [5, 5.41) is 0. The van der Waals surface area contributed by atoms with Gasteiger partial charge in [-0.1, -0.05) is 0 Å². The van der Waals surface area contributed by atoms with Gasteiger partial charge in [0.25, 0.3) is 5.91 Å². The fraction of sp³-hybridized carbons (Fsp3) is 0.400. The Labute approximate surface area is 158 Å². The Balaban J connectivity index is 1.55. The molecule has 0 N–H and O–H groups in total. The first kappa shape index (κ1) is 17.6. The summed E-state index contributed by atoms with van der Waals surface area (Å²) in [7, 11) is 1.97. The lowest BCUT2D eigenvalue weighted by atomic mass is 9.92. The maximum absolute atomic E-state index is 12.9. The zero-order valence-corrected chi connectivity index (χ0v) is 15.6. The van der Waals surface area contributed by atoms with Crippen LogP contribution in [-0.2, 0) is 4.79 Å². The summed E-state index contributed by atoms with van der Waals surface area (Å²) in [5.74, 6) is 0.0567. The number of amides is 2. The van der Waals surface area contributed by atoms with Gasteiger partial charge in [0.2, 0.25) is 5.91 Å². The van der Waals surface area contributed by atoms with Crippen LogP contribution in [-0.4, -0.2) is 70.3 Å². The third-order valence-corrected chi connectivity index (χ3v) is 5.67. The highest BCUT2D eigenvalue weighted by Gasteiger charge is 2.48. The first-order valence-corrected chi connectivity index (χ1v) is 9.12. The number of carbonyl (C=O) groups is 2. The van der Waals surface area contributed by atoms with Gasteiger partial charge in [-0.2, -0.15) is 0 Å². The average molecular weight is 365 g/mol. The van der Waals surface area contributed by atoms with Crippen LogP contribution in [0.4, 0.5) is 5.69 Å². The Bertz CT molecular complexity index is 854. The molecule has 0 aromatic carbocycles. The number of nitrogens with zero attached hydrogens (tertiary/aromatic N) is 5. The van der Waals surface area contributed by atoms with E-state index < -0.39 is 0 Å². The zero-order valence-electron chi connectivity index (χ0n) is 15.6. The molecule has 2 aromatic heterocycles. The number of anilines is 1. The molecular weight excluding hydrogens is 342 g/mol. The van der Waals surface area contributed by atoms with Gasteiger partial charge in [-0.05, 0) is 44.7 Å². The highest BCUT2D eigenvalue weighted by atomic mass is 16.2.